The first-order valence-corrected chi connectivity index (χ1v) is 9.94. The first kappa shape index (κ1) is 18.7. The van der Waals surface area contributed by atoms with Gasteiger partial charge in [-0.25, -0.2) is 14.4 Å². The molecule has 5 rings (SSSR count). The maximum atomic E-state index is 13.4. The molecule has 3 unspecified atom stereocenters. The van der Waals surface area contributed by atoms with Crippen LogP contribution in [0, 0.1) is 17.7 Å². The molecule has 30 heavy (non-hydrogen) atoms. The van der Waals surface area contributed by atoms with Gasteiger partial charge in [-0.3, -0.25) is 9.36 Å². The summed E-state index contributed by atoms with van der Waals surface area (Å²) in [7, 11) is 1.76. The number of aryl methyl sites for hydroxylation is 2. The van der Waals surface area contributed by atoms with Crippen molar-refractivity contribution in [3.8, 4) is 0 Å². The van der Waals surface area contributed by atoms with E-state index in [-0.39, 0.29) is 23.8 Å². The molecule has 1 saturated carbocycles. The fraction of sp³-hybridized carbons (Fsp3) is 0.381. The van der Waals surface area contributed by atoms with Gasteiger partial charge in [0.05, 0.1) is 6.33 Å². The van der Waals surface area contributed by atoms with Crippen LogP contribution in [0.1, 0.15) is 36.5 Å². The summed E-state index contributed by atoms with van der Waals surface area (Å²) in [6, 6.07) is 6.73. The van der Waals surface area contributed by atoms with Gasteiger partial charge in [0.2, 0.25) is 5.89 Å². The molecule has 3 heterocycles. The molecule has 0 N–H and O–H groups in total. The van der Waals surface area contributed by atoms with Crippen LogP contribution in [0.5, 0.6) is 0 Å². The third-order valence-corrected chi connectivity index (χ3v) is 6.01. The van der Waals surface area contributed by atoms with Crippen LogP contribution in [0.15, 0.2) is 46.2 Å². The third kappa shape index (κ3) is 3.30. The molecule has 1 aliphatic rings. The number of rotatable bonds is 6. The molecule has 154 valence electrons. The van der Waals surface area contributed by atoms with E-state index >= 15 is 0 Å². The maximum absolute atomic E-state index is 13.4. The van der Waals surface area contributed by atoms with Crippen molar-refractivity contribution in [3.63, 3.8) is 0 Å². The van der Waals surface area contributed by atoms with Crippen LogP contribution in [0.2, 0.25) is 0 Å². The van der Waals surface area contributed by atoms with Gasteiger partial charge in [-0.1, -0.05) is 24.2 Å². The van der Waals surface area contributed by atoms with Gasteiger partial charge in [-0.2, -0.15) is 4.98 Å². The van der Waals surface area contributed by atoms with E-state index in [2.05, 4.69) is 27.0 Å². The molecule has 0 aliphatic heterocycles. The van der Waals surface area contributed by atoms with Crippen LogP contribution in [0.25, 0.3) is 11.2 Å². The Hall–Kier alpha value is -3.36. The Morgan fingerprint density at radius 1 is 1.23 bits per heavy atom. The highest BCUT2D eigenvalue weighted by Crippen LogP contribution is 2.54. The van der Waals surface area contributed by atoms with Gasteiger partial charge in [0, 0.05) is 13.0 Å². The summed E-state index contributed by atoms with van der Waals surface area (Å²) in [6.07, 6.45) is 4.77. The number of fused-ring (bicyclic) bond motifs is 1. The average molecular weight is 408 g/mol. The molecule has 9 heteroatoms. The summed E-state index contributed by atoms with van der Waals surface area (Å²) < 4.78 is 21.9. The number of benzene rings is 1. The smallest absolute Gasteiger partial charge is 0.280 e. The Morgan fingerprint density at radius 2 is 2.07 bits per heavy atom. The van der Waals surface area contributed by atoms with Crippen molar-refractivity contribution < 1.29 is 8.91 Å². The number of nitrogens with zero attached hydrogens (tertiary/aromatic N) is 6. The van der Waals surface area contributed by atoms with Crippen LogP contribution in [-0.4, -0.2) is 29.2 Å². The number of aromatic nitrogens is 6. The van der Waals surface area contributed by atoms with Crippen molar-refractivity contribution in [2.45, 2.75) is 32.2 Å². The standard InChI is InChI=1S/C21H21FN6O2/c1-12-15(7-6-13-4-3-5-14(22)8-13)17(12)19-25-16(30-26-19)9-28-11-24-20-18(21(28)29)27(2)10-23-20/h3-5,8,10-12,15,17H,6-7,9H2,1-2H3. The van der Waals surface area contributed by atoms with Gasteiger partial charge in [-0.05, 0) is 42.4 Å². The van der Waals surface area contributed by atoms with E-state index < -0.39 is 0 Å². The van der Waals surface area contributed by atoms with Crippen molar-refractivity contribution in [2.24, 2.45) is 18.9 Å². The number of halogens is 1. The summed E-state index contributed by atoms with van der Waals surface area (Å²) in [5, 5.41) is 4.14. The molecule has 0 saturated heterocycles. The Labute approximate surface area is 171 Å². The van der Waals surface area contributed by atoms with E-state index in [1.165, 1.54) is 17.0 Å². The average Bonchev–Trinajstić information content (AvgIpc) is 3.05. The lowest BCUT2D eigenvalue weighted by atomic mass is 10.1. The first-order chi connectivity index (χ1) is 14.5. The molecule has 0 spiro atoms. The van der Waals surface area contributed by atoms with Gasteiger partial charge in [0.15, 0.2) is 17.0 Å². The van der Waals surface area contributed by atoms with Crippen LogP contribution in [0.3, 0.4) is 0 Å². The highest BCUT2D eigenvalue weighted by molar-refractivity contribution is 5.68. The summed E-state index contributed by atoms with van der Waals surface area (Å²) in [4.78, 5) is 25.5. The molecule has 0 bridgehead atoms. The molecule has 1 fully saturated rings. The lowest BCUT2D eigenvalue weighted by Crippen LogP contribution is -2.22. The summed E-state index contributed by atoms with van der Waals surface area (Å²) in [5.41, 5.74) is 1.65. The van der Waals surface area contributed by atoms with Crippen molar-refractivity contribution in [1.82, 2.24) is 29.2 Å². The van der Waals surface area contributed by atoms with E-state index in [1.54, 1.807) is 30.1 Å². The largest absolute Gasteiger partial charge is 0.337 e. The molecule has 4 aromatic rings. The number of imidazole rings is 1. The Bertz CT molecular complexity index is 1280. The molecule has 1 aromatic carbocycles. The fourth-order valence-corrected chi connectivity index (χ4v) is 4.24. The van der Waals surface area contributed by atoms with Crippen LogP contribution in [0.4, 0.5) is 4.39 Å². The minimum atomic E-state index is -0.204. The van der Waals surface area contributed by atoms with E-state index in [0.717, 1.165) is 18.4 Å². The molecule has 3 atom stereocenters. The highest BCUT2D eigenvalue weighted by Gasteiger charge is 2.49. The Balaban J connectivity index is 1.27. The minimum Gasteiger partial charge on any atom is -0.337 e. The lowest BCUT2D eigenvalue weighted by molar-refractivity contribution is 0.363. The second kappa shape index (κ2) is 7.16. The predicted molar refractivity (Wildman–Crippen MR) is 106 cm³/mol. The highest BCUT2D eigenvalue weighted by atomic mass is 19.1. The normalized spacial score (nSPS) is 20.7. The van der Waals surface area contributed by atoms with Gasteiger partial charge in [0.1, 0.15) is 18.7 Å². The zero-order valence-electron chi connectivity index (χ0n) is 16.7. The fourth-order valence-electron chi connectivity index (χ4n) is 4.24. The van der Waals surface area contributed by atoms with E-state index in [4.69, 9.17) is 4.52 Å². The van der Waals surface area contributed by atoms with Gasteiger partial charge in [0.25, 0.3) is 5.56 Å². The van der Waals surface area contributed by atoms with Crippen molar-refractivity contribution in [2.75, 3.05) is 0 Å². The van der Waals surface area contributed by atoms with Gasteiger partial charge < -0.3 is 9.09 Å². The lowest BCUT2D eigenvalue weighted by Gasteiger charge is -2.01. The maximum Gasteiger partial charge on any atom is 0.280 e. The van der Waals surface area contributed by atoms with Gasteiger partial charge >= 0.3 is 0 Å². The zero-order valence-corrected chi connectivity index (χ0v) is 16.7. The van der Waals surface area contributed by atoms with Crippen molar-refractivity contribution >= 4 is 11.2 Å². The van der Waals surface area contributed by atoms with Crippen LogP contribution >= 0.6 is 0 Å². The SMILES string of the molecule is CC1C(CCc2cccc(F)c2)C1c1noc(Cn2cnc3ncn(C)c3c2=O)n1. The molecule has 0 amide bonds. The van der Waals surface area contributed by atoms with Crippen LogP contribution < -0.4 is 5.56 Å². The molecule has 1 aliphatic carbocycles. The molecule has 3 aromatic heterocycles. The van der Waals surface area contributed by atoms with Crippen LogP contribution in [-0.2, 0) is 20.0 Å². The second-order valence-corrected chi connectivity index (χ2v) is 7.97. The summed E-state index contributed by atoms with van der Waals surface area (Å²) >= 11 is 0. The zero-order chi connectivity index (χ0) is 20.8. The van der Waals surface area contributed by atoms with Crippen molar-refractivity contribution in [1.29, 1.82) is 0 Å². The quantitative estimate of drug-likeness (QED) is 0.487. The molecule has 0 radical (unpaired) electrons. The topological polar surface area (TPSA) is 91.6 Å². The monoisotopic (exact) mass is 408 g/mol. The number of hydrogen-bond acceptors (Lipinski definition) is 6. The summed E-state index contributed by atoms with van der Waals surface area (Å²) in [6.45, 7) is 2.33. The predicted octanol–water partition coefficient (Wildman–Crippen LogP) is 2.68. The van der Waals surface area contributed by atoms with Crippen molar-refractivity contribution in [3.05, 3.63) is 70.4 Å². The van der Waals surface area contributed by atoms with Gasteiger partial charge in [-0.15, -0.1) is 0 Å². The van der Waals surface area contributed by atoms with E-state index in [0.29, 0.717) is 34.7 Å². The minimum absolute atomic E-state index is 0.162. The number of hydrogen-bond donors (Lipinski definition) is 0. The van der Waals surface area contributed by atoms with E-state index in [9.17, 15) is 9.18 Å². The van der Waals surface area contributed by atoms with E-state index in [1.807, 2.05) is 6.07 Å². The second-order valence-electron chi connectivity index (χ2n) is 7.97. The Morgan fingerprint density at radius 3 is 2.90 bits per heavy atom. The molecular weight excluding hydrogens is 387 g/mol. The molecular formula is C21H21FN6O2. The Kier molecular flexibility index (Phi) is 4.45. The third-order valence-electron chi connectivity index (χ3n) is 6.01. The first-order valence-electron chi connectivity index (χ1n) is 9.94. The molecule has 8 nitrogen and oxygen atoms in total. The summed E-state index contributed by atoms with van der Waals surface area (Å²) in [5.74, 6) is 1.95.